The number of nitrogens with zero attached hydrogens (tertiary/aromatic N) is 3. The second-order valence-electron chi connectivity index (χ2n) is 8.60. The highest BCUT2D eigenvalue weighted by molar-refractivity contribution is 5.89. The fourth-order valence-electron chi connectivity index (χ4n) is 4.96. The molecule has 0 fully saturated rings. The van der Waals surface area contributed by atoms with E-state index in [4.69, 9.17) is 18.9 Å². The monoisotopic (exact) mass is 496 g/mol. The molecule has 1 N–H and O–H groups in total. The van der Waals surface area contributed by atoms with Crippen molar-refractivity contribution in [1.82, 2.24) is 14.8 Å². The first kappa shape index (κ1) is 22.7. The van der Waals surface area contributed by atoms with Crippen LogP contribution in [0.25, 0.3) is 5.70 Å². The van der Waals surface area contributed by atoms with Crippen molar-refractivity contribution >= 4 is 17.6 Å². The number of carbonyl (C=O) groups excluding carboxylic acids is 1. The molecule has 9 heteroatoms. The highest BCUT2D eigenvalue weighted by Gasteiger charge is 2.42. The number of fused-ring (bicyclic) bond motifs is 3. The molecule has 0 bridgehead atoms. The summed E-state index contributed by atoms with van der Waals surface area (Å²) in [6.07, 6.45) is 1.02. The van der Waals surface area contributed by atoms with E-state index in [1.54, 1.807) is 26.4 Å². The molecular formula is C28H24N4O5. The first-order valence-corrected chi connectivity index (χ1v) is 11.7. The maximum absolute atomic E-state index is 12.1. The average molecular weight is 497 g/mol. The highest BCUT2D eigenvalue weighted by atomic mass is 16.5. The number of hydrogen-bond acceptors (Lipinski definition) is 8. The van der Waals surface area contributed by atoms with Crippen molar-refractivity contribution in [2.45, 2.75) is 12.1 Å². The largest absolute Gasteiger partial charge is 0.497 e. The lowest BCUT2D eigenvalue weighted by Crippen LogP contribution is -2.32. The van der Waals surface area contributed by atoms with Gasteiger partial charge in [-0.1, -0.05) is 24.3 Å². The Morgan fingerprint density at radius 2 is 1.81 bits per heavy atom. The van der Waals surface area contributed by atoms with Gasteiger partial charge in [-0.2, -0.15) is 10.1 Å². The second-order valence-corrected chi connectivity index (χ2v) is 8.60. The van der Waals surface area contributed by atoms with E-state index >= 15 is 0 Å². The molecule has 2 atom stereocenters. The number of esters is 1. The molecule has 6 rings (SSSR count). The molecule has 4 aromatic rings. The molecule has 0 saturated carbocycles. The van der Waals surface area contributed by atoms with Gasteiger partial charge in [0.25, 0.3) is 0 Å². The maximum Gasteiger partial charge on any atom is 0.337 e. The SMILES string of the molecule is COC(=O)c1ccc(C2Oc3ccccc3C3=C2C(c2cc(OC)ccc2OC)n2ncnc2N3)cc1. The van der Waals surface area contributed by atoms with Gasteiger partial charge >= 0.3 is 5.97 Å². The van der Waals surface area contributed by atoms with E-state index < -0.39 is 18.1 Å². The van der Waals surface area contributed by atoms with E-state index in [0.29, 0.717) is 23.0 Å². The van der Waals surface area contributed by atoms with Crippen molar-refractivity contribution in [3.8, 4) is 17.2 Å². The number of anilines is 1. The van der Waals surface area contributed by atoms with Crippen LogP contribution in [0.3, 0.4) is 0 Å². The van der Waals surface area contributed by atoms with Gasteiger partial charge in [0, 0.05) is 16.7 Å². The third kappa shape index (κ3) is 3.67. The lowest BCUT2D eigenvalue weighted by Gasteiger charge is -2.39. The summed E-state index contributed by atoms with van der Waals surface area (Å²) in [6, 6.07) is 20.4. The number of methoxy groups -OCH3 is 3. The first-order valence-electron chi connectivity index (χ1n) is 11.7. The van der Waals surface area contributed by atoms with Crippen LogP contribution in [0.2, 0.25) is 0 Å². The van der Waals surface area contributed by atoms with Crippen molar-refractivity contribution in [2.75, 3.05) is 26.6 Å². The Bertz CT molecular complexity index is 1530. The fourth-order valence-corrected chi connectivity index (χ4v) is 4.96. The number of aromatic nitrogens is 3. The van der Waals surface area contributed by atoms with Crippen LogP contribution < -0.4 is 19.5 Å². The molecule has 0 aliphatic carbocycles. The van der Waals surface area contributed by atoms with Gasteiger partial charge in [0.15, 0.2) is 0 Å². The van der Waals surface area contributed by atoms with Crippen molar-refractivity contribution in [3.05, 3.63) is 101 Å². The van der Waals surface area contributed by atoms with E-state index in [2.05, 4.69) is 15.4 Å². The summed E-state index contributed by atoms with van der Waals surface area (Å²) >= 11 is 0. The standard InChI is InChI=1S/C28H24N4O5/c1-34-18-12-13-21(35-2)20(14-18)25-23-24(31-28-29-15-30-32(25)28)19-6-4-5-7-22(19)37-26(23)16-8-10-17(11-9-16)27(33)36-3/h4-15,25-26H,1-3H3,(H,29,30,31). The normalized spacial score (nSPS) is 17.5. The van der Waals surface area contributed by atoms with E-state index in [9.17, 15) is 4.79 Å². The van der Waals surface area contributed by atoms with Gasteiger partial charge in [0.05, 0.1) is 32.6 Å². The van der Waals surface area contributed by atoms with Crippen LogP contribution in [0.15, 0.2) is 78.6 Å². The van der Waals surface area contributed by atoms with E-state index in [1.807, 2.05) is 59.3 Å². The number of hydrogen-bond donors (Lipinski definition) is 1. The van der Waals surface area contributed by atoms with Crippen molar-refractivity contribution in [1.29, 1.82) is 0 Å². The summed E-state index contributed by atoms with van der Waals surface area (Å²) in [7, 11) is 4.63. The van der Waals surface area contributed by atoms with E-state index in [1.165, 1.54) is 13.4 Å². The lowest BCUT2D eigenvalue weighted by molar-refractivity contribution is 0.0600. The predicted octanol–water partition coefficient (Wildman–Crippen LogP) is 4.64. The molecule has 186 valence electrons. The number of benzene rings is 3. The molecule has 1 aromatic heterocycles. The molecule has 37 heavy (non-hydrogen) atoms. The summed E-state index contributed by atoms with van der Waals surface area (Å²) in [5.74, 6) is 2.31. The number of rotatable bonds is 5. The van der Waals surface area contributed by atoms with Gasteiger partial charge in [0.2, 0.25) is 5.95 Å². The number of nitrogens with one attached hydrogen (secondary N) is 1. The smallest absolute Gasteiger partial charge is 0.337 e. The van der Waals surface area contributed by atoms with Gasteiger partial charge < -0.3 is 24.3 Å². The van der Waals surface area contributed by atoms with Gasteiger partial charge in [-0.05, 0) is 48.0 Å². The third-order valence-electron chi connectivity index (χ3n) is 6.69. The summed E-state index contributed by atoms with van der Waals surface area (Å²) in [6.45, 7) is 0. The fraction of sp³-hybridized carbons (Fsp3) is 0.179. The third-order valence-corrected chi connectivity index (χ3v) is 6.69. The van der Waals surface area contributed by atoms with Crippen molar-refractivity contribution < 1.29 is 23.7 Å². The Morgan fingerprint density at radius 1 is 1.00 bits per heavy atom. The zero-order valence-electron chi connectivity index (χ0n) is 20.5. The average Bonchev–Trinajstić information content (AvgIpc) is 3.43. The summed E-state index contributed by atoms with van der Waals surface area (Å²) < 4.78 is 24.7. The van der Waals surface area contributed by atoms with Crippen LogP contribution in [-0.2, 0) is 4.74 Å². The maximum atomic E-state index is 12.1. The minimum atomic E-state index is -0.498. The minimum Gasteiger partial charge on any atom is -0.497 e. The van der Waals surface area contributed by atoms with Crippen LogP contribution in [-0.4, -0.2) is 42.1 Å². The molecule has 0 spiro atoms. The van der Waals surface area contributed by atoms with Gasteiger partial charge in [0.1, 0.15) is 35.7 Å². The van der Waals surface area contributed by atoms with E-state index in [-0.39, 0.29) is 0 Å². The molecule has 9 nitrogen and oxygen atoms in total. The molecule has 3 aromatic carbocycles. The quantitative estimate of drug-likeness (QED) is 0.399. The van der Waals surface area contributed by atoms with Crippen LogP contribution in [0, 0.1) is 0 Å². The molecular weight excluding hydrogens is 472 g/mol. The minimum absolute atomic E-state index is 0.396. The Balaban J connectivity index is 1.60. The highest BCUT2D eigenvalue weighted by Crippen LogP contribution is 2.52. The molecule has 2 aliphatic rings. The van der Waals surface area contributed by atoms with Crippen LogP contribution in [0.4, 0.5) is 5.95 Å². The zero-order valence-corrected chi connectivity index (χ0v) is 20.5. The molecule has 3 heterocycles. The summed E-state index contributed by atoms with van der Waals surface area (Å²) in [4.78, 5) is 16.5. The molecule has 0 amide bonds. The van der Waals surface area contributed by atoms with Gasteiger partial charge in [-0.25, -0.2) is 9.48 Å². The first-order chi connectivity index (χ1) is 18.1. The Kier molecular flexibility index (Phi) is 5.52. The zero-order chi connectivity index (χ0) is 25.5. The molecule has 2 unspecified atom stereocenters. The summed E-state index contributed by atoms with van der Waals surface area (Å²) in [5.41, 5.74) is 4.91. The van der Waals surface area contributed by atoms with Gasteiger partial charge in [-0.3, -0.25) is 0 Å². The lowest BCUT2D eigenvalue weighted by atomic mass is 9.84. The van der Waals surface area contributed by atoms with E-state index in [0.717, 1.165) is 33.7 Å². The number of ether oxygens (including phenoxy) is 4. The number of para-hydroxylation sites is 1. The Morgan fingerprint density at radius 3 is 2.57 bits per heavy atom. The van der Waals surface area contributed by atoms with Crippen LogP contribution >= 0.6 is 0 Å². The summed E-state index contributed by atoms with van der Waals surface area (Å²) in [5, 5.41) is 8.05. The van der Waals surface area contributed by atoms with Gasteiger partial charge in [-0.15, -0.1) is 0 Å². The molecule has 2 aliphatic heterocycles. The molecule has 0 radical (unpaired) electrons. The topological polar surface area (TPSA) is 96.7 Å². The number of carbonyl (C=O) groups is 1. The Labute approximate surface area is 213 Å². The molecule has 0 saturated heterocycles. The van der Waals surface area contributed by atoms with Crippen LogP contribution in [0.5, 0.6) is 17.2 Å². The van der Waals surface area contributed by atoms with Crippen molar-refractivity contribution in [2.24, 2.45) is 0 Å². The predicted molar refractivity (Wildman–Crippen MR) is 136 cm³/mol. The Hall–Kier alpha value is -4.79. The van der Waals surface area contributed by atoms with Crippen molar-refractivity contribution in [3.63, 3.8) is 0 Å². The van der Waals surface area contributed by atoms with Crippen LogP contribution in [0.1, 0.15) is 39.2 Å². The second kappa shape index (κ2) is 9.02.